The van der Waals surface area contributed by atoms with Gasteiger partial charge in [0.05, 0.1) is 13.2 Å². The molecule has 0 saturated carbocycles. The van der Waals surface area contributed by atoms with Crippen molar-refractivity contribution in [2.75, 3.05) is 26.8 Å². The smallest absolute Gasteiger partial charge is 0.176 e. The average molecular weight is 225 g/mol. The fraction of sp³-hybridized carbons (Fsp3) is 0.417. The number of rotatable bonds is 6. The second kappa shape index (κ2) is 6.35. The van der Waals surface area contributed by atoms with Gasteiger partial charge in [-0.05, 0) is 30.7 Å². The number of hydrogen-bond acceptors (Lipinski definition) is 3. The number of Topliss-reactive ketones (excluding diaryl/α,β-unsaturated/α-hetero) is 1. The second-order valence-electron chi connectivity index (χ2n) is 3.55. The first-order valence-corrected chi connectivity index (χ1v) is 5.14. The predicted octanol–water partition coefficient (Wildman–Crippen LogP) is 1.55. The molecule has 1 N–H and O–H groups in total. The van der Waals surface area contributed by atoms with Crippen molar-refractivity contribution in [2.45, 2.75) is 6.92 Å². The second-order valence-corrected chi connectivity index (χ2v) is 3.55. The van der Waals surface area contributed by atoms with Gasteiger partial charge in [0.15, 0.2) is 5.78 Å². The van der Waals surface area contributed by atoms with E-state index in [9.17, 15) is 9.18 Å². The van der Waals surface area contributed by atoms with Crippen molar-refractivity contribution in [2.24, 2.45) is 0 Å². The van der Waals surface area contributed by atoms with E-state index in [0.717, 1.165) is 0 Å². The zero-order valence-corrected chi connectivity index (χ0v) is 9.55. The SMILES string of the molecule is COCCNCC(=O)c1ccc(F)cc1C. The van der Waals surface area contributed by atoms with E-state index in [1.165, 1.54) is 18.2 Å². The van der Waals surface area contributed by atoms with Crippen molar-refractivity contribution in [1.82, 2.24) is 5.32 Å². The van der Waals surface area contributed by atoms with E-state index in [1.54, 1.807) is 14.0 Å². The van der Waals surface area contributed by atoms with Gasteiger partial charge in [0, 0.05) is 19.2 Å². The molecule has 0 aliphatic heterocycles. The van der Waals surface area contributed by atoms with Crippen LogP contribution >= 0.6 is 0 Å². The molecular weight excluding hydrogens is 209 g/mol. The first kappa shape index (κ1) is 12.8. The lowest BCUT2D eigenvalue weighted by molar-refractivity contribution is 0.0987. The van der Waals surface area contributed by atoms with Crippen LogP contribution in [0.3, 0.4) is 0 Å². The molecule has 0 spiro atoms. The van der Waals surface area contributed by atoms with E-state index >= 15 is 0 Å². The van der Waals surface area contributed by atoms with Crippen LogP contribution in [0.15, 0.2) is 18.2 Å². The highest BCUT2D eigenvalue weighted by Gasteiger charge is 2.08. The van der Waals surface area contributed by atoms with E-state index in [1.807, 2.05) is 0 Å². The number of nitrogens with one attached hydrogen (secondary N) is 1. The molecule has 0 heterocycles. The van der Waals surface area contributed by atoms with E-state index in [2.05, 4.69) is 5.32 Å². The summed E-state index contributed by atoms with van der Waals surface area (Å²) in [6.07, 6.45) is 0. The van der Waals surface area contributed by atoms with Crippen molar-refractivity contribution < 1.29 is 13.9 Å². The van der Waals surface area contributed by atoms with Crippen LogP contribution in [-0.4, -0.2) is 32.6 Å². The van der Waals surface area contributed by atoms with Crippen LogP contribution in [0, 0.1) is 12.7 Å². The number of halogens is 1. The molecule has 0 bridgehead atoms. The van der Waals surface area contributed by atoms with Gasteiger partial charge in [0.1, 0.15) is 5.82 Å². The molecule has 0 atom stereocenters. The van der Waals surface area contributed by atoms with E-state index < -0.39 is 0 Å². The normalized spacial score (nSPS) is 10.4. The van der Waals surface area contributed by atoms with Crippen molar-refractivity contribution in [3.8, 4) is 0 Å². The molecule has 0 radical (unpaired) electrons. The lowest BCUT2D eigenvalue weighted by Crippen LogP contribution is -2.26. The largest absolute Gasteiger partial charge is 0.383 e. The van der Waals surface area contributed by atoms with Crippen LogP contribution in [0.4, 0.5) is 4.39 Å². The summed E-state index contributed by atoms with van der Waals surface area (Å²) in [5.74, 6) is -0.352. The van der Waals surface area contributed by atoms with E-state index in [4.69, 9.17) is 4.74 Å². The van der Waals surface area contributed by atoms with Gasteiger partial charge >= 0.3 is 0 Å². The summed E-state index contributed by atoms with van der Waals surface area (Å²) in [5, 5.41) is 2.96. The molecule has 0 amide bonds. The summed E-state index contributed by atoms with van der Waals surface area (Å²) in [4.78, 5) is 11.7. The highest BCUT2D eigenvalue weighted by atomic mass is 19.1. The van der Waals surface area contributed by atoms with Gasteiger partial charge in [-0.2, -0.15) is 0 Å². The molecule has 0 aromatic heterocycles. The van der Waals surface area contributed by atoms with Gasteiger partial charge in [-0.15, -0.1) is 0 Å². The minimum Gasteiger partial charge on any atom is -0.383 e. The number of aryl methyl sites for hydroxylation is 1. The summed E-state index contributed by atoms with van der Waals surface area (Å²) >= 11 is 0. The third-order valence-electron chi connectivity index (χ3n) is 2.26. The Hall–Kier alpha value is -1.26. The van der Waals surface area contributed by atoms with Gasteiger partial charge in [-0.25, -0.2) is 4.39 Å². The molecular formula is C12H16FNO2. The number of ether oxygens (including phenoxy) is 1. The molecule has 0 aliphatic carbocycles. The molecule has 3 nitrogen and oxygen atoms in total. The summed E-state index contributed by atoms with van der Waals surface area (Å²) in [5.41, 5.74) is 1.23. The third-order valence-corrected chi connectivity index (χ3v) is 2.26. The molecule has 1 aromatic rings. The fourth-order valence-corrected chi connectivity index (χ4v) is 1.41. The van der Waals surface area contributed by atoms with Gasteiger partial charge in [0.2, 0.25) is 0 Å². The van der Waals surface area contributed by atoms with Crippen LogP contribution in [0.25, 0.3) is 0 Å². The Morgan fingerprint density at radius 2 is 2.25 bits per heavy atom. The number of carbonyl (C=O) groups excluding carboxylic acids is 1. The minimum absolute atomic E-state index is 0.0337. The molecule has 88 valence electrons. The van der Waals surface area contributed by atoms with Crippen molar-refractivity contribution in [3.05, 3.63) is 35.1 Å². The Balaban J connectivity index is 2.53. The van der Waals surface area contributed by atoms with Crippen LogP contribution in [0.1, 0.15) is 15.9 Å². The van der Waals surface area contributed by atoms with E-state index in [0.29, 0.717) is 24.3 Å². The molecule has 0 fully saturated rings. The van der Waals surface area contributed by atoms with Crippen LogP contribution in [0.5, 0.6) is 0 Å². The highest BCUT2D eigenvalue weighted by Crippen LogP contribution is 2.10. The molecule has 16 heavy (non-hydrogen) atoms. The predicted molar refractivity (Wildman–Crippen MR) is 60.2 cm³/mol. The minimum atomic E-state index is -0.318. The Labute approximate surface area is 94.6 Å². The van der Waals surface area contributed by atoms with Crippen LogP contribution in [-0.2, 0) is 4.74 Å². The van der Waals surface area contributed by atoms with Crippen molar-refractivity contribution in [1.29, 1.82) is 0 Å². The topological polar surface area (TPSA) is 38.3 Å². The average Bonchev–Trinajstić information content (AvgIpc) is 2.24. The van der Waals surface area contributed by atoms with Gasteiger partial charge in [-0.1, -0.05) is 0 Å². The summed E-state index contributed by atoms with van der Waals surface area (Å²) < 4.78 is 17.7. The quantitative estimate of drug-likeness (QED) is 0.589. The number of methoxy groups -OCH3 is 1. The molecule has 0 saturated heterocycles. The highest BCUT2D eigenvalue weighted by molar-refractivity contribution is 5.98. The van der Waals surface area contributed by atoms with Gasteiger partial charge in [0.25, 0.3) is 0 Å². The standard InChI is InChI=1S/C12H16FNO2/c1-9-7-10(13)3-4-11(9)12(15)8-14-5-6-16-2/h3-4,7,14H,5-6,8H2,1-2H3. The molecule has 1 rings (SSSR count). The van der Waals surface area contributed by atoms with Crippen molar-refractivity contribution in [3.63, 3.8) is 0 Å². The maximum atomic E-state index is 12.8. The van der Waals surface area contributed by atoms with Crippen molar-refractivity contribution >= 4 is 5.78 Å². The molecule has 0 aliphatic rings. The summed E-state index contributed by atoms with van der Waals surface area (Å²) in [6, 6.07) is 4.18. The summed E-state index contributed by atoms with van der Waals surface area (Å²) in [7, 11) is 1.60. The summed E-state index contributed by atoms with van der Waals surface area (Å²) in [6.45, 7) is 3.17. The molecule has 4 heteroatoms. The number of hydrogen-bond donors (Lipinski definition) is 1. The lowest BCUT2D eigenvalue weighted by Gasteiger charge is -2.06. The van der Waals surface area contributed by atoms with E-state index in [-0.39, 0.29) is 18.1 Å². The fourth-order valence-electron chi connectivity index (χ4n) is 1.41. The van der Waals surface area contributed by atoms with Crippen LogP contribution < -0.4 is 5.32 Å². The maximum Gasteiger partial charge on any atom is 0.176 e. The Kier molecular flexibility index (Phi) is 5.08. The lowest BCUT2D eigenvalue weighted by atomic mass is 10.0. The van der Waals surface area contributed by atoms with Crippen LogP contribution in [0.2, 0.25) is 0 Å². The number of benzene rings is 1. The number of ketones is 1. The Bertz CT molecular complexity index is 366. The zero-order valence-electron chi connectivity index (χ0n) is 9.55. The monoisotopic (exact) mass is 225 g/mol. The zero-order chi connectivity index (χ0) is 12.0. The van der Waals surface area contributed by atoms with Gasteiger partial charge < -0.3 is 10.1 Å². The Morgan fingerprint density at radius 1 is 1.50 bits per heavy atom. The maximum absolute atomic E-state index is 12.8. The first-order chi connectivity index (χ1) is 7.65. The first-order valence-electron chi connectivity index (χ1n) is 5.14. The third kappa shape index (κ3) is 3.72. The number of carbonyl (C=O) groups is 1. The molecule has 0 unspecified atom stereocenters. The molecule has 1 aromatic carbocycles. The van der Waals surface area contributed by atoms with Gasteiger partial charge in [-0.3, -0.25) is 4.79 Å². The Morgan fingerprint density at radius 3 is 2.88 bits per heavy atom.